The van der Waals surface area contributed by atoms with Gasteiger partial charge < -0.3 is 9.47 Å². The summed E-state index contributed by atoms with van der Waals surface area (Å²) in [7, 11) is 0. The van der Waals surface area contributed by atoms with Crippen molar-refractivity contribution in [3.8, 4) is 6.07 Å². The number of hydrogen-bond donors (Lipinski definition) is 0. The molecule has 3 nitrogen and oxygen atoms in total. The molecule has 31 heavy (non-hydrogen) atoms. The Morgan fingerprint density at radius 2 is 1.48 bits per heavy atom. The van der Waals surface area contributed by atoms with E-state index in [1.54, 1.807) is 6.07 Å². The van der Waals surface area contributed by atoms with Crippen molar-refractivity contribution in [3.63, 3.8) is 0 Å². The molecule has 1 saturated heterocycles. The van der Waals surface area contributed by atoms with Crippen LogP contribution in [0.1, 0.15) is 108 Å². The summed E-state index contributed by atoms with van der Waals surface area (Å²) in [6.07, 6.45) is 17.4. The average Bonchev–Trinajstić information content (AvgIpc) is 2.81. The van der Waals surface area contributed by atoms with E-state index in [0.717, 1.165) is 18.3 Å². The molecule has 1 aliphatic carbocycles. The Kier molecular flexibility index (Phi) is 10.3. The maximum atomic E-state index is 13.8. The van der Waals surface area contributed by atoms with E-state index in [1.807, 2.05) is 6.07 Å². The van der Waals surface area contributed by atoms with E-state index in [-0.39, 0.29) is 5.56 Å². The van der Waals surface area contributed by atoms with E-state index < -0.39 is 12.1 Å². The molecule has 1 aromatic carbocycles. The van der Waals surface area contributed by atoms with Gasteiger partial charge in [-0.15, -0.1) is 0 Å². The summed E-state index contributed by atoms with van der Waals surface area (Å²) in [6, 6.07) is 6.41. The molecule has 0 N–H and O–H groups in total. The number of nitriles is 1. The van der Waals surface area contributed by atoms with Crippen molar-refractivity contribution in [3.05, 3.63) is 35.1 Å². The molecule has 0 atom stereocenters. The second-order valence-corrected chi connectivity index (χ2v) is 9.74. The van der Waals surface area contributed by atoms with Gasteiger partial charge in [-0.1, -0.05) is 90.0 Å². The SMILES string of the molecule is CCCCCCCC[C@H]1CC[C@H](CC[C@H]2CO[C@H](c3ccc(C#N)c(F)c3)OC2)CC1. The minimum atomic E-state index is -0.518. The Bertz CT molecular complexity index is 685. The van der Waals surface area contributed by atoms with Gasteiger partial charge in [-0.25, -0.2) is 4.39 Å². The van der Waals surface area contributed by atoms with Crippen LogP contribution in [0, 0.1) is 34.9 Å². The van der Waals surface area contributed by atoms with E-state index in [1.165, 1.54) is 89.2 Å². The van der Waals surface area contributed by atoms with Crippen LogP contribution in [0.4, 0.5) is 4.39 Å². The predicted molar refractivity (Wildman–Crippen MR) is 122 cm³/mol. The highest BCUT2D eigenvalue weighted by Crippen LogP contribution is 2.36. The van der Waals surface area contributed by atoms with Crippen LogP contribution in [0.15, 0.2) is 18.2 Å². The van der Waals surface area contributed by atoms with E-state index in [0.29, 0.717) is 24.7 Å². The Labute approximate surface area is 188 Å². The normalized spacial score (nSPS) is 26.5. The van der Waals surface area contributed by atoms with Gasteiger partial charge in [0, 0.05) is 11.5 Å². The second kappa shape index (κ2) is 13.2. The van der Waals surface area contributed by atoms with Crippen molar-refractivity contribution < 1.29 is 13.9 Å². The molecular formula is C27H40FNO2. The first kappa shape index (κ1) is 24.2. The van der Waals surface area contributed by atoms with Gasteiger partial charge in [0.2, 0.25) is 0 Å². The first-order chi connectivity index (χ1) is 15.2. The molecule has 0 spiro atoms. The van der Waals surface area contributed by atoms with Crippen LogP contribution >= 0.6 is 0 Å². The van der Waals surface area contributed by atoms with E-state index in [9.17, 15) is 4.39 Å². The van der Waals surface area contributed by atoms with Gasteiger partial charge in [-0.05, 0) is 30.4 Å². The number of rotatable bonds is 11. The quantitative estimate of drug-likeness (QED) is 0.338. The fraction of sp³-hybridized carbons (Fsp3) is 0.741. The van der Waals surface area contributed by atoms with Gasteiger partial charge in [-0.3, -0.25) is 0 Å². The number of halogens is 1. The largest absolute Gasteiger partial charge is 0.348 e. The first-order valence-corrected chi connectivity index (χ1v) is 12.6. The summed E-state index contributed by atoms with van der Waals surface area (Å²) >= 11 is 0. The Balaban J connectivity index is 1.27. The number of nitrogens with zero attached hydrogens (tertiary/aromatic N) is 1. The fourth-order valence-corrected chi connectivity index (χ4v) is 5.16. The highest BCUT2D eigenvalue weighted by Gasteiger charge is 2.26. The van der Waals surface area contributed by atoms with Crippen molar-refractivity contribution >= 4 is 0 Å². The lowest BCUT2D eigenvalue weighted by atomic mass is 9.77. The van der Waals surface area contributed by atoms with Crippen molar-refractivity contribution in [1.82, 2.24) is 0 Å². The summed E-state index contributed by atoms with van der Waals surface area (Å²) in [6.45, 7) is 3.61. The molecule has 0 amide bonds. The molecule has 4 heteroatoms. The standard InChI is InChI=1S/C27H40FNO2/c1-2-3-4-5-6-7-8-21-9-11-22(12-10-21)13-14-23-19-30-27(31-20-23)24-15-16-25(18-29)26(28)17-24/h15-17,21-23,27H,2-14,19-20H2,1H3/t21-,22-,23-,27-. The third-order valence-electron chi connectivity index (χ3n) is 7.27. The zero-order valence-electron chi connectivity index (χ0n) is 19.3. The molecule has 3 rings (SSSR count). The van der Waals surface area contributed by atoms with Gasteiger partial charge in [0.15, 0.2) is 6.29 Å². The fourth-order valence-electron chi connectivity index (χ4n) is 5.16. The molecule has 0 bridgehead atoms. The molecule has 1 heterocycles. The minimum absolute atomic E-state index is 0.0548. The molecule has 0 radical (unpaired) electrons. The molecule has 0 aromatic heterocycles. The molecule has 2 aliphatic rings. The number of ether oxygens (including phenoxy) is 2. The summed E-state index contributed by atoms with van der Waals surface area (Å²) in [4.78, 5) is 0. The second-order valence-electron chi connectivity index (χ2n) is 9.74. The van der Waals surface area contributed by atoms with Crippen molar-refractivity contribution in [2.45, 2.75) is 96.7 Å². The van der Waals surface area contributed by atoms with E-state index in [4.69, 9.17) is 14.7 Å². The van der Waals surface area contributed by atoms with Crippen LogP contribution in [-0.4, -0.2) is 13.2 Å². The Morgan fingerprint density at radius 3 is 2.13 bits per heavy atom. The molecule has 1 aliphatic heterocycles. The van der Waals surface area contributed by atoms with E-state index in [2.05, 4.69) is 6.92 Å². The van der Waals surface area contributed by atoms with Gasteiger partial charge in [-0.2, -0.15) is 5.26 Å². The molecule has 172 valence electrons. The number of hydrogen-bond acceptors (Lipinski definition) is 3. The van der Waals surface area contributed by atoms with Crippen LogP contribution in [0.5, 0.6) is 0 Å². The Hall–Kier alpha value is -1.44. The van der Waals surface area contributed by atoms with E-state index >= 15 is 0 Å². The van der Waals surface area contributed by atoms with Crippen molar-refractivity contribution in [2.24, 2.45) is 17.8 Å². The van der Waals surface area contributed by atoms with Gasteiger partial charge >= 0.3 is 0 Å². The van der Waals surface area contributed by atoms with Crippen LogP contribution in [0.3, 0.4) is 0 Å². The molecular weight excluding hydrogens is 389 g/mol. The van der Waals surface area contributed by atoms with Crippen LogP contribution in [0.2, 0.25) is 0 Å². The molecule has 1 aromatic rings. The first-order valence-electron chi connectivity index (χ1n) is 12.6. The molecule has 0 unspecified atom stereocenters. The highest BCUT2D eigenvalue weighted by atomic mass is 19.1. The minimum Gasteiger partial charge on any atom is -0.348 e. The highest BCUT2D eigenvalue weighted by molar-refractivity contribution is 5.33. The van der Waals surface area contributed by atoms with Crippen LogP contribution < -0.4 is 0 Å². The Morgan fingerprint density at radius 1 is 0.871 bits per heavy atom. The number of unbranched alkanes of at least 4 members (excludes halogenated alkanes) is 5. The third kappa shape index (κ3) is 7.88. The summed E-state index contributed by atoms with van der Waals surface area (Å²) in [5.41, 5.74) is 0.706. The predicted octanol–water partition coefficient (Wildman–Crippen LogP) is 7.70. The van der Waals surface area contributed by atoms with Crippen LogP contribution in [-0.2, 0) is 9.47 Å². The summed E-state index contributed by atoms with van der Waals surface area (Å²) < 4.78 is 25.6. The maximum absolute atomic E-state index is 13.8. The zero-order chi connectivity index (χ0) is 21.9. The topological polar surface area (TPSA) is 42.2 Å². The number of benzene rings is 1. The summed E-state index contributed by atoms with van der Waals surface area (Å²) in [5.74, 6) is 1.75. The monoisotopic (exact) mass is 429 g/mol. The molecule has 1 saturated carbocycles. The van der Waals surface area contributed by atoms with Gasteiger partial charge in [0.05, 0.1) is 18.8 Å². The van der Waals surface area contributed by atoms with Gasteiger partial charge in [0.25, 0.3) is 0 Å². The van der Waals surface area contributed by atoms with Gasteiger partial charge in [0.1, 0.15) is 11.9 Å². The lowest BCUT2D eigenvalue weighted by Gasteiger charge is -2.32. The molecule has 2 fully saturated rings. The average molecular weight is 430 g/mol. The maximum Gasteiger partial charge on any atom is 0.183 e. The zero-order valence-corrected chi connectivity index (χ0v) is 19.3. The van der Waals surface area contributed by atoms with Crippen molar-refractivity contribution in [1.29, 1.82) is 5.26 Å². The van der Waals surface area contributed by atoms with Crippen LogP contribution in [0.25, 0.3) is 0 Å². The third-order valence-corrected chi connectivity index (χ3v) is 7.27. The lowest BCUT2D eigenvalue weighted by molar-refractivity contribution is -0.206. The smallest absolute Gasteiger partial charge is 0.183 e. The lowest BCUT2D eigenvalue weighted by Crippen LogP contribution is -2.28. The summed E-state index contributed by atoms with van der Waals surface area (Å²) in [5, 5.41) is 8.86. The van der Waals surface area contributed by atoms with Crippen molar-refractivity contribution in [2.75, 3.05) is 13.2 Å².